The third-order valence-electron chi connectivity index (χ3n) is 5.48. The second-order valence-corrected chi connectivity index (χ2v) is 7.29. The molecule has 2 heterocycles. The van der Waals surface area contributed by atoms with Crippen molar-refractivity contribution in [2.24, 2.45) is 11.8 Å². The van der Waals surface area contributed by atoms with Gasteiger partial charge in [-0.05, 0) is 44.5 Å². The molecule has 0 aromatic heterocycles. The van der Waals surface area contributed by atoms with Crippen molar-refractivity contribution in [3.8, 4) is 11.5 Å². The van der Waals surface area contributed by atoms with E-state index in [-0.39, 0.29) is 36.6 Å². The Balaban J connectivity index is 0.00000280. The normalized spacial score (nSPS) is 22.0. The first-order valence-corrected chi connectivity index (χ1v) is 9.53. The lowest BCUT2D eigenvalue weighted by Crippen LogP contribution is -2.45. The van der Waals surface area contributed by atoms with Crippen LogP contribution in [0.5, 0.6) is 11.5 Å². The molecule has 0 radical (unpaired) electrons. The zero-order valence-corrected chi connectivity index (χ0v) is 17.6. The minimum absolute atomic E-state index is 0. The average molecular weight is 412 g/mol. The Bertz CT molecular complexity index is 698. The molecule has 1 aromatic carbocycles. The fourth-order valence-electron chi connectivity index (χ4n) is 4.09. The van der Waals surface area contributed by atoms with Crippen molar-refractivity contribution >= 4 is 29.9 Å². The summed E-state index contributed by atoms with van der Waals surface area (Å²) in [5.41, 5.74) is 0.685. The Morgan fingerprint density at radius 1 is 1.25 bits per heavy atom. The minimum Gasteiger partial charge on any atom is -0.497 e. The van der Waals surface area contributed by atoms with Crippen LogP contribution in [0, 0.1) is 11.8 Å². The summed E-state index contributed by atoms with van der Waals surface area (Å²) >= 11 is 0. The van der Waals surface area contributed by atoms with Crippen LogP contribution in [0.15, 0.2) is 18.2 Å². The van der Waals surface area contributed by atoms with Crippen molar-refractivity contribution in [2.45, 2.75) is 19.3 Å². The molecular weight excluding hydrogens is 382 g/mol. The van der Waals surface area contributed by atoms with Gasteiger partial charge in [0.25, 0.3) is 0 Å². The molecule has 2 atom stereocenters. The summed E-state index contributed by atoms with van der Waals surface area (Å²) < 4.78 is 10.6. The van der Waals surface area contributed by atoms with Gasteiger partial charge < -0.3 is 24.6 Å². The number of carbonyl (C=O) groups excluding carboxylic acids is 2. The molecule has 1 aromatic rings. The molecule has 2 saturated heterocycles. The van der Waals surface area contributed by atoms with E-state index in [4.69, 9.17) is 9.47 Å². The largest absolute Gasteiger partial charge is 0.497 e. The smallest absolute Gasteiger partial charge is 0.228 e. The molecule has 2 amide bonds. The van der Waals surface area contributed by atoms with E-state index >= 15 is 0 Å². The van der Waals surface area contributed by atoms with Gasteiger partial charge in [-0.15, -0.1) is 12.4 Å². The number of ether oxygens (including phenoxy) is 2. The maximum absolute atomic E-state index is 13.0. The number of hydrogen-bond donors (Lipinski definition) is 1. The molecule has 28 heavy (non-hydrogen) atoms. The van der Waals surface area contributed by atoms with Crippen molar-refractivity contribution in [3.05, 3.63) is 18.2 Å². The van der Waals surface area contributed by atoms with Gasteiger partial charge in [-0.1, -0.05) is 0 Å². The van der Waals surface area contributed by atoms with Crippen molar-refractivity contribution in [1.82, 2.24) is 10.2 Å². The first-order valence-electron chi connectivity index (χ1n) is 9.53. The summed E-state index contributed by atoms with van der Waals surface area (Å²) in [6, 6.07) is 5.37. The predicted molar refractivity (Wildman–Crippen MR) is 110 cm³/mol. The van der Waals surface area contributed by atoms with Gasteiger partial charge >= 0.3 is 0 Å². The zero-order chi connectivity index (χ0) is 19.4. The van der Waals surface area contributed by atoms with Crippen LogP contribution >= 0.6 is 12.4 Å². The molecule has 3 rings (SSSR count). The Hall–Kier alpha value is -1.99. The maximum atomic E-state index is 13.0. The van der Waals surface area contributed by atoms with Gasteiger partial charge in [0.05, 0.1) is 25.8 Å². The molecular formula is C20H30ClN3O4. The highest BCUT2D eigenvalue weighted by molar-refractivity contribution is 6.01. The average Bonchev–Trinajstić information content (AvgIpc) is 3.08. The first-order chi connectivity index (χ1) is 13.1. The molecule has 7 nitrogen and oxygen atoms in total. The van der Waals surface area contributed by atoms with E-state index in [1.165, 1.54) is 0 Å². The monoisotopic (exact) mass is 411 g/mol. The highest BCUT2D eigenvalue weighted by Gasteiger charge is 2.39. The Morgan fingerprint density at radius 2 is 2.04 bits per heavy atom. The third kappa shape index (κ3) is 4.70. The molecule has 0 spiro atoms. The number of methoxy groups -OCH3 is 2. The molecule has 1 N–H and O–H groups in total. The van der Waals surface area contributed by atoms with E-state index in [1.807, 2.05) is 18.0 Å². The lowest BCUT2D eigenvalue weighted by Gasteiger charge is -2.34. The van der Waals surface area contributed by atoms with Gasteiger partial charge in [0.1, 0.15) is 11.5 Å². The summed E-state index contributed by atoms with van der Waals surface area (Å²) in [5.74, 6) is 1.49. The summed E-state index contributed by atoms with van der Waals surface area (Å²) in [6.45, 7) is 2.88. The fraction of sp³-hybridized carbons (Fsp3) is 0.600. The van der Waals surface area contributed by atoms with Crippen LogP contribution in [0.2, 0.25) is 0 Å². The van der Waals surface area contributed by atoms with E-state index in [0.717, 1.165) is 32.5 Å². The number of nitrogens with one attached hydrogen (secondary N) is 1. The summed E-state index contributed by atoms with van der Waals surface area (Å²) in [7, 11) is 5.09. The van der Waals surface area contributed by atoms with Gasteiger partial charge in [0, 0.05) is 32.1 Å². The maximum Gasteiger partial charge on any atom is 0.228 e. The van der Waals surface area contributed by atoms with Gasteiger partial charge in [0.15, 0.2) is 0 Å². The van der Waals surface area contributed by atoms with Crippen LogP contribution in [0.25, 0.3) is 0 Å². The number of likely N-dealkylation sites (tertiary alicyclic amines) is 1. The van der Waals surface area contributed by atoms with E-state index in [2.05, 4.69) is 5.32 Å². The van der Waals surface area contributed by atoms with Gasteiger partial charge in [-0.3, -0.25) is 9.59 Å². The minimum atomic E-state index is -0.294. The summed E-state index contributed by atoms with van der Waals surface area (Å²) in [6.07, 6.45) is 2.42. The summed E-state index contributed by atoms with van der Waals surface area (Å²) in [5, 5.41) is 3.20. The number of nitrogens with zero attached hydrogens (tertiary/aromatic N) is 2. The number of anilines is 1. The van der Waals surface area contributed by atoms with Crippen LogP contribution in [0.1, 0.15) is 19.3 Å². The third-order valence-corrected chi connectivity index (χ3v) is 5.48. The number of amides is 2. The van der Waals surface area contributed by atoms with Crippen LogP contribution in [0.4, 0.5) is 5.69 Å². The first kappa shape index (κ1) is 22.3. The van der Waals surface area contributed by atoms with Crippen LogP contribution < -0.4 is 19.7 Å². The van der Waals surface area contributed by atoms with Crippen LogP contribution in [-0.2, 0) is 9.59 Å². The van der Waals surface area contributed by atoms with E-state index in [0.29, 0.717) is 29.6 Å². The summed E-state index contributed by atoms with van der Waals surface area (Å²) in [4.78, 5) is 29.2. The molecule has 0 aliphatic carbocycles. The molecule has 8 heteroatoms. The van der Waals surface area contributed by atoms with Crippen molar-refractivity contribution in [2.75, 3.05) is 52.3 Å². The number of halogens is 1. The molecule has 156 valence electrons. The van der Waals surface area contributed by atoms with Gasteiger partial charge in [0.2, 0.25) is 11.8 Å². The van der Waals surface area contributed by atoms with Crippen molar-refractivity contribution in [1.29, 1.82) is 0 Å². The standard InChI is InChI=1S/C20H29N3O4.ClH/c1-21-11-14-5-4-8-22(12-14)20(25)15-9-19(24)23(13-15)17-7-6-16(26-2)10-18(17)27-3;/h6-7,10,14-15,21H,4-5,8-9,11-13H2,1-3H3;1H. The highest BCUT2D eigenvalue weighted by atomic mass is 35.5. The van der Waals surface area contributed by atoms with E-state index in [9.17, 15) is 9.59 Å². The van der Waals surface area contributed by atoms with Gasteiger partial charge in [-0.25, -0.2) is 0 Å². The zero-order valence-electron chi connectivity index (χ0n) is 16.8. The topological polar surface area (TPSA) is 71.1 Å². The number of piperidine rings is 1. The van der Waals surface area contributed by atoms with Crippen molar-refractivity contribution in [3.63, 3.8) is 0 Å². The number of carbonyl (C=O) groups is 2. The Kier molecular flexibility index (Phi) is 7.95. The molecule has 2 aliphatic heterocycles. The van der Waals surface area contributed by atoms with E-state index in [1.54, 1.807) is 31.3 Å². The Morgan fingerprint density at radius 3 is 2.71 bits per heavy atom. The number of benzene rings is 1. The quantitative estimate of drug-likeness (QED) is 0.774. The van der Waals surface area contributed by atoms with Gasteiger partial charge in [-0.2, -0.15) is 0 Å². The highest BCUT2D eigenvalue weighted by Crippen LogP contribution is 2.36. The second-order valence-electron chi connectivity index (χ2n) is 7.29. The van der Waals surface area contributed by atoms with Crippen LogP contribution in [0.3, 0.4) is 0 Å². The lowest BCUT2D eigenvalue weighted by molar-refractivity contribution is -0.137. The predicted octanol–water partition coefficient (Wildman–Crippen LogP) is 1.94. The number of hydrogen-bond acceptors (Lipinski definition) is 5. The molecule has 0 bridgehead atoms. The van der Waals surface area contributed by atoms with Crippen molar-refractivity contribution < 1.29 is 19.1 Å². The molecule has 2 aliphatic rings. The molecule has 0 saturated carbocycles. The fourth-order valence-corrected chi connectivity index (χ4v) is 4.09. The molecule has 2 unspecified atom stereocenters. The lowest BCUT2D eigenvalue weighted by atomic mass is 9.96. The molecule has 2 fully saturated rings. The van der Waals surface area contributed by atoms with E-state index < -0.39 is 0 Å². The SMILES string of the molecule is CNCC1CCCN(C(=O)C2CC(=O)N(c3ccc(OC)cc3OC)C2)C1.Cl. The second kappa shape index (κ2) is 9.98. The van der Waals surface area contributed by atoms with Crippen LogP contribution in [-0.4, -0.2) is 64.2 Å². The Labute approximate surface area is 172 Å². The number of rotatable bonds is 6.